The molecule has 2 rings (SSSR count). The molecular weight excluding hydrogens is 218 g/mol. The molecule has 7 heteroatoms. The summed E-state index contributed by atoms with van der Waals surface area (Å²) in [5.41, 5.74) is -0.310. The monoisotopic (exact) mass is 227 g/mol. The Morgan fingerprint density at radius 3 is 2.93 bits per heavy atom. The highest BCUT2D eigenvalue weighted by atomic mass is 32.2. The SMILES string of the molecule is CS(=O)c1nc(=O)cc2n1CCNC2=O. The van der Waals surface area contributed by atoms with Gasteiger partial charge in [-0.25, -0.2) is 0 Å². The normalized spacial score (nSPS) is 16.7. The van der Waals surface area contributed by atoms with Crippen molar-refractivity contribution in [1.82, 2.24) is 14.9 Å². The second-order valence-electron chi connectivity index (χ2n) is 3.12. The molecule has 1 aliphatic rings. The van der Waals surface area contributed by atoms with E-state index in [2.05, 4.69) is 10.3 Å². The third kappa shape index (κ3) is 1.70. The lowest BCUT2D eigenvalue weighted by molar-refractivity contribution is 0.0922. The van der Waals surface area contributed by atoms with Gasteiger partial charge in [-0.2, -0.15) is 4.98 Å². The van der Waals surface area contributed by atoms with Crippen molar-refractivity contribution in [1.29, 1.82) is 0 Å². The van der Waals surface area contributed by atoms with E-state index >= 15 is 0 Å². The molecule has 0 aliphatic carbocycles. The van der Waals surface area contributed by atoms with Crippen molar-refractivity contribution in [2.45, 2.75) is 11.7 Å². The summed E-state index contributed by atoms with van der Waals surface area (Å²) in [5, 5.41) is 2.77. The van der Waals surface area contributed by atoms with Crippen LogP contribution in [0.4, 0.5) is 0 Å². The first-order valence-corrected chi connectivity index (χ1v) is 5.89. The number of nitrogens with one attached hydrogen (secondary N) is 1. The van der Waals surface area contributed by atoms with Crippen molar-refractivity contribution in [3.8, 4) is 0 Å². The van der Waals surface area contributed by atoms with Crippen LogP contribution in [0.5, 0.6) is 0 Å². The summed E-state index contributed by atoms with van der Waals surface area (Å²) < 4.78 is 12.9. The van der Waals surface area contributed by atoms with Gasteiger partial charge in [0.25, 0.3) is 11.5 Å². The van der Waals surface area contributed by atoms with Gasteiger partial charge in [0, 0.05) is 25.4 Å². The Hall–Kier alpha value is -1.50. The predicted molar refractivity (Wildman–Crippen MR) is 53.2 cm³/mol. The molecular formula is C8H9N3O3S. The Morgan fingerprint density at radius 1 is 1.53 bits per heavy atom. The second kappa shape index (κ2) is 3.58. The summed E-state index contributed by atoms with van der Waals surface area (Å²) in [5.74, 6) is -0.326. The third-order valence-electron chi connectivity index (χ3n) is 2.10. The lowest BCUT2D eigenvalue weighted by Gasteiger charge is -2.20. The molecule has 1 aliphatic heterocycles. The number of carbonyl (C=O) groups excluding carboxylic acids is 1. The summed E-state index contributed by atoms with van der Waals surface area (Å²) >= 11 is 0. The van der Waals surface area contributed by atoms with Crippen LogP contribution in [0.15, 0.2) is 16.0 Å². The summed E-state index contributed by atoms with van der Waals surface area (Å²) in [6.07, 6.45) is 1.43. The molecule has 0 radical (unpaired) electrons. The highest BCUT2D eigenvalue weighted by Gasteiger charge is 2.20. The first-order valence-electron chi connectivity index (χ1n) is 4.33. The molecule has 15 heavy (non-hydrogen) atoms. The number of nitrogens with zero attached hydrogens (tertiary/aromatic N) is 2. The maximum Gasteiger partial charge on any atom is 0.274 e. The maximum absolute atomic E-state index is 11.4. The van der Waals surface area contributed by atoms with E-state index in [-0.39, 0.29) is 16.8 Å². The van der Waals surface area contributed by atoms with Crippen molar-refractivity contribution in [3.05, 3.63) is 22.1 Å². The molecule has 0 fully saturated rings. The molecule has 0 aromatic carbocycles. The van der Waals surface area contributed by atoms with Crippen LogP contribution in [-0.2, 0) is 17.3 Å². The van der Waals surface area contributed by atoms with E-state index in [0.717, 1.165) is 6.07 Å². The zero-order valence-electron chi connectivity index (χ0n) is 8.02. The van der Waals surface area contributed by atoms with Crippen LogP contribution < -0.4 is 10.9 Å². The zero-order chi connectivity index (χ0) is 11.0. The Morgan fingerprint density at radius 2 is 2.27 bits per heavy atom. The lowest BCUT2D eigenvalue weighted by atomic mass is 10.3. The van der Waals surface area contributed by atoms with Gasteiger partial charge >= 0.3 is 0 Å². The summed E-state index contributed by atoms with van der Waals surface area (Å²) in [6.45, 7) is 0.948. The van der Waals surface area contributed by atoms with Crippen molar-refractivity contribution in [2.24, 2.45) is 0 Å². The Kier molecular flexibility index (Phi) is 2.39. The number of carbonyl (C=O) groups is 1. The summed E-state index contributed by atoms with van der Waals surface area (Å²) in [4.78, 5) is 26.2. The molecule has 1 atom stereocenters. The standard InChI is InChI=1S/C8H9N3O3S/c1-15(14)8-10-6(12)4-5-7(13)9-2-3-11(5)8/h4H,2-3H2,1H3,(H,9,13). The van der Waals surface area contributed by atoms with Crippen LogP contribution in [0.25, 0.3) is 0 Å². The fourth-order valence-corrected chi connectivity index (χ4v) is 2.20. The Balaban J connectivity index is 2.73. The van der Waals surface area contributed by atoms with Crippen molar-refractivity contribution >= 4 is 16.7 Å². The van der Waals surface area contributed by atoms with Crippen LogP contribution in [0, 0.1) is 0 Å². The number of hydrogen-bond donors (Lipinski definition) is 1. The quantitative estimate of drug-likeness (QED) is 0.606. The number of rotatable bonds is 1. The van der Waals surface area contributed by atoms with Gasteiger partial charge in [0.05, 0.1) is 10.8 Å². The highest BCUT2D eigenvalue weighted by Crippen LogP contribution is 2.07. The number of hydrogen-bond acceptors (Lipinski definition) is 4. The third-order valence-corrected chi connectivity index (χ3v) is 2.92. The van der Waals surface area contributed by atoms with E-state index in [4.69, 9.17) is 0 Å². The molecule has 0 saturated heterocycles. The topological polar surface area (TPSA) is 81.1 Å². The van der Waals surface area contributed by atoms with Crippen LogP contribution >= 0.6 is 0 Å². The van der Waals surface area contributed by atoms with Crippen LogP contribution in [0.3, 0.4) is 0 Å². The molecule has 0 bridgehead atoms. The van der Waals surface area contributed by atoms with Crippen LogP contribution in [0.2, 0.25) is 0 Å². The fraction of sp³-hybridized carbons (Fsp3) is 0.375. The average Bonchev–Trinajstić information content (AvgIpc) is 2.18. The molecule has 1 aromatic heterocycles. The molecule has 1 unspecified atom stereocenters. The van der Waals surface area contributed by atoms with Gasteiger partial charge in [-0.3, -0.25) is 13.8 Å². The molecule has 1 aromatic rings. The highest BCUT2D eigenvalue weighted by molar-refractivity contribution is 7.84. The van der Waals surface area contributed by atoms with E-state index in [1.54, 1.807) is 0 Å². The lowest BCUT2D eigenvalue weighted by Crippen LogP contribution is -2.39. The van der Waals surface area contributed by atoms with E-state index in [0.29, 0.717) is 13.1 Å². The van der Waals surface area contributed by atoms with Gasteiger partial charge in [-0.1, -0.05) is 0 Å². The van der Waals surface area contributed by atoms with Gasteiger partial charge < -0.3 is 9.88 Å². The maximum atomic E-state index is 11.4. The van der Waals surface area contributed by atoms with Gasteiger partial charge in [0.15, 0.2) is 0 Å². The molecule has 0 saturated carbocycles. The van der Waals surface area contributed by atoms with Gasteiger partial charge in [0.1, 0.15) is 5.69 Å². The van der Waals surface area contributed by atoms with E-state index < -0.39 is 16.4 Å². The van der Waals surface area contributed by atoms with Crippen LogP contribution in [0.1, 0.15) is 10.5 Å². The number of amides is 1. The minimum absolute atomic E-state index is 0.160. The minimum atomic E-state index is -1.37. The van der Waals surface area contributed by atoms with Crippen molar-refractivity contribution in [2.75, 3.05) is 12.8 Å². The largest absolute Gasteiger partial charge is 0.349 e. The molecule has 1 amide bonds. The molecule has 80 valence electrons. The predicted octanol–water partition coefficient (Wildman–Crippen LogP) is -1.28. The molecule has 0 spiro atoms. The number of aromatic nitrogens is 2. The van der Waals surface area contributed by atoms with Crippen LogP contribution in [-0.4, -0.2) is 32.5 Å². The first kappa shape index (κ1) is 10.0. The average molecular weight is 227 g/mol. The van der Waals surface area contributed by atoms with Gasteiger partial charge in [-0.05, 0) is 0 Å². The smallest absolute Gasteiger partial charge is 0.274 e. The Bertz CT molecular complexity index is 488. The summed E-state index contributed by atoms with van der Waals surface area (Å²) in [7, 11) is -1.37. The van der Waals surface area contributed by atoms with Crippen molar-refractivity contribution < 1.29 is 9.00 Å². The van der Waals surface area contributed by atoms with Crippen molar-refractivity contribution in [3.63, 3.8) is 0 Å². The minimum Gasteiger partial charge on any atom is -0.349 e. The Labute approximate surface area is 87.8 Å². The van der Waals surface area contributed by atoms with E-state index in [1.165, 1.54) is 10.8 Å². The zero-order valence-corrected chi connectivity index (χ0v) is 8.84. The second-order valence-corrected chi connectivity index (χ2v) is 4.40. The fourth-order valence-electron chi connectivity index (χ4n) is 1.48. The molecule has 1 N–H and O–H groups in total. The van der Waals surface area contributed by atoms with E-state index in [1.807, 2.05) is 0 Å². The first-order chi connectivity index (χ1) is 7.09. The van der Waals surface area contributed by atoms with Gasteiger partial charge in [0.2, 0.25) is 5.16 Å². The molecule has 6 nitrogen and oxygen atoms in total. The number of fused-ring (bicyclic) bond motifs is 1. The summed E-state index contributed by atoms with van der Waals surface area (Å²) in [6, 6.07) is 1.16. The van der Waals surface area contributed by atoms with Gasteiger partial charge in [-0.15, -0.1) is 0 Å². The van der Waals surface area contributed by atoms with E-state index in [9.17, 15) is 13.8 Å². The molecule has 2 heterocycles.